The molecule has 3 aromatic rings. The molecular weight excluding hydrogens is 398 g/mol. The molecule has 0 saturated carbocycles. The molecule has 0 spiro atoms. The van der Waals surface area contributed by atoms with Crippen LogP contribution in [0.4, 0.5) is 5.95 Å². The number of nitrogens with zero attached hydrogens (tertiary/aromatic N) is 5. The van der Waals surface area contributed by atoms with Crippen molar-refractivity contribution in [3.63, 3.8) is 0 Å². The summed E-state index contributed by atoms with van der Waals surface area (Å²) < 4.78 is 7.93. The molecule has 3 rings (SSSR count). The number of halogens is 1. The molecule has 0 radical (unpaired) electrons. The number of aromatic nitrogens is 4. The molecule has 24 heavy (non-hydrogen) atoms. The number of nitro groups is 1. The van der Waals surface area contributed by atoms with Crippen LogP contribution in [0, 0.1) is 24.0 Å². The topological polar surface area (TPSA) is 99.9 Å². The summed E-state index contributed by atoms with van der Waals surface area (Å²) in [5.74, 6) is 0.251. The Labute approximate surface area is 149 Å². The van der Waals surface area contributed by atoms with Gasteiger partial charge in [-0.1, -0.05) is 28.1 Å². The standard InChI is InChI=1S/C14H12BrN5O3S/c1-8-9(2)23-14(16-8)24-13-17-12(20(21)22)18-19(13)7-10-3-5-11(15)6-4-10/h3-6H,7H2,1-2H3. The monoisotopic (exact) mass is 409 g/mol. The Hall–Kier alpha value is -2.20. The van der Waals surface area contributed by atoms with Crippen molar-refractivity contribution in [2.75, 3.05) is 0 Å². The fourth-order valence-electron chi connectivity index (χ4n) is 1.90. The van der Waals surface area contributed by atoms with Gasteiger partial charge >= 0.3 is 5.95 Å². The van der Waals surface area contributed by atoms with Crippen LogP contribution in [0.15, 0.2) is 43.5 Å². The predicted octanol–water partition coefficient (Wildman–Crippen LogP) is 3.75. The summed E-state index contributed by atoms with van der Waals surface area (Å²) in [6, 6.07) is 7.61. The van der Waals surface area contributed by atoms with Gasteiger partial charge in [-0.25, -0.2) is 4.98 Å². The maximum Gasteiger partial charge on any atom is 0.492 e. The summed E-state index contributed by atoms with van der Waals surface area (Å²) in [4.78, 5) is 18.6. The van der Waals surface area contributed by atoms with E-state index < -0.39 is 10.9 Å². The van der Waals surface area contributed by atoms with Gasteiger partial charge in [0.15, 0.2) is 0 Å². The highest BCUT2D eigenvalue weighted by molar-refractivity contribution is 9.10. The second-order valence-corrected chi connectivity index (χ2v) is 6.79. The van der Waals surface area contributed by atoms with Crippen LogP contribution in [0.25, 0.3) is 0 Å². The average Bonchev–Trinajstić information content (AvgIpc) is 3.06. The van der Waals surface area contributed by atoms with Gasteiger partial charge in [0.1, 0.15) is 5.76 Å². The fraction of sp³-hybridized carbons (Fsp3) is 0.214. The maximum atomic E-state index is 11.0. The number of hydrogen-bond acceptors (Lipinski definition) is 7. The largest absolute Gasteiger partial charge is 0.492 e. The van der Waals surface area contributed by atoms with Crippen molar-refractivity contribution in [1.29, 1.82) is 0 Å². The summed E-state index contributed by atoms with van der Waals surface area (Å²) in [5.41, 5.74) is 1.71. The zero-order valence-corrected chi connectivity index (χ0v) is 15.2. The predicted molar refractivity (Wildman–Crippen MR) is 90.0 cm³/mol. The molecule has 0 bridgehead atoms. The van der Waals surface area contributed by atoms with Crippen molar-refractivity contribution >= 4 is 33.6 Å². The Morgan fingerprint density at radius 1 is 1.29 bits per heavy atom. The second-order valence-electron chi connectivity index (χ2n) is 4.96. The van der Waals surface area contributed by atoms with Crippen molar-refractivity contribution in [3.8, 4) is 0 Å². The molecule has 0 fully saturated rings. The Morgan fingerprint density at radius 2 is 2.00 bits per heavy atom. The molecule has 1 aromatic carbocycles. The van der Waals surface area contributed by atoms with Crippen LogP contribution in [0.3, 0.4) is 0 Å². The van der Waals surface area contributed by atoms with E-state index in [1.165, 1.54) is 4.68 Å². The summed E-state index contributed by atoms with van der Waals surface area (Å²) in [6.07, 6.45) is 0. The lowest BCUT2D eigenvalue weighted by Gasteiger charge is -2.00. The normalized spacial score (nSPS) is 11.0. The zero-order valence-electron chi connectivity index (χ0n) is 12.8. The van der Waals surface area contributed by atoms with Gasteiger partial charge in [-0.2, -0.15) is 4.68 Å². The lowest BCUT2D eigenvalue weighted by molar-refractivity contribution is -0.394. The smallest absolute Gasteiger partial charge is 0.436 e. The van der Waals surface area contributed by atoms with Crippen molar-refractivity contribution in [2.45, 2.75) is 30.8 Å². The highest BCUT2D eigenvalue weighted by Gasteiger charge is 2.24. The fourth-order valence-corrected chi connectivity index (χ4v) is 3.01. The van der Waals surface area contributed by atoms with Crippen molar-refractivity contribution in [2.24, 2.45) is 0 Å². The van der Waals surface area contributed by atoms with Crippen molar-refractivity contribution < 1.29 is 9.34 Å². The van der Waals surface area contributed by atoms with E-state index in [1.54, 1.807) is 6.92 Å². The van der Waals surface area contributed by atoms with Crippen molar-refractivity contribution in [3.05, 3.63) is 55.9 Å². The first-order valence-corrected chi connectivity index (χ1v) is 8.49. The van der Waals surface area contributed by atoms with E-state index in [0.717, 1.165) is 27.5 Å². The molecule has 124 valence electrons. The molecule has 0 atom stereocenters. The van der Waals surface area contributed by atoms with Crippen LogP contribution in [-0.4, -0.2) is 24.7 Å². The van der Waals surface area contributed by atoms with Crippen LogP contribution < -0.4 is 0 Å². The molecule has 0 N–H and O–H groups in total. The average molecular weight is 410 g/mol. The molecule has 0 aliphatic carbocycles. The number of benzene rings is 1. The van der Waals surface area contributed by atoms with Gasteiger partial charge in [0.05, 0.1) is 12.2 Å². The minimum absolute atomic E-state index is 0.353. The van der Waals surface area contributed by atoms with Gasteiger partial charge in [0.2, 0.25) is 0 Å². The number of aryl methyl sites for hydroxylation is 2. The molecule has 8 nitrogen and oxygen atoms in total. The lowest BCUT2D eigenvalue weighted by atomic mass is 10.2. The third-order valence-corrected chi connectivity index (χ3v) is 4.59. The molecule has 0 aliphatic rings. The molecule has 2 aromatic heterocycles. The van der Waals surface area contributed by atoms with Gasteiger partial charge in [0.25, 0.3) is 10.4 Å². The van der Waals surface area contributed by atoms with E-state index in [-0.39, 0.29) is 0 Å². The van der Waals surface area contributed by atoms with Crippen LogP contribution in [0.1, 0.15) is 17.0 Å². The quantitative estimate of drug-likeness (QED) is 0.466. The first kappa shape index (κ1) is 16.7. The van der Waals surface area contributed by atoms with E-state index >= 15 is 0 Å². The van der Waals surface area contributed by atoms with Gasteiger partial charge < -0.3 is 14.5 Å². The SMILES string of the molecule is Cc1nc(Sc2nc([N+](=O)[O-])nn2Cc2ccc(Br)cc2)oc1C. The van der Waals surface area contributed by atoms with Gasteiger partial charge in [-0.05, 0) is 41.5 Å². The second kappa shape index (κ2) is 6.73. The maximum absolute atomic E-state index is 11.0. The van der Waals surface area contributed by atoms with Gasteiger partial charge in [0, 0.05) is 21.3 Å². The summed E-state index contributed by atoms with van der Waals surface area (Å²) in [6.45, 7) is 3.99. The van der Waals surface area contributed by atoms with Crippen LogP contribution in [0.2, 0.25) is 0 Å². The van der Waals surface area contributed by atoms with E-state index in [0.29, 0.717) is 22.7 Å². The minimum atomic E-state index is -0.617. The van der Waals surface area contributed by atoms with E-state index in [1.807, 2.05) is 31.2 Å². The van der Waals surface area contributed by atoms with Crippen LogP contribution in [-0.2, 0) is 6.54 Å². The van der Waals surface area contributed by atoms with Crippen LogP contribution >= 0.6 is 27.7 Å². The first-order valence-electron chi connectivity index (χ1n) is 6.88. The first-order chi connectivity index (χ1) is 11.4. The number of hydrogen-bond donors (Lipinski definition) is 0. The third kappa shape index (κ3) is 3.65. The highest BCUT2D eigenvalue weighted by Crippen LogP contribution is 2.28. The van der Waals surface area contributed by atoms with E-state index in [9.17, 15) is 10.1 Å². The Kier molecular flexibility index (Phi) is 4.67. The molecule has 0 aliphatic heterocycles. The molecular formula is C14H12BrN5O3S. The zero-order chi connectivity index (χ0) is 17.3. The molecule has 0 unspecified atom stereocenters. The number of oxazole rings is 1. The Bertz CT molecular complexity index is 871. The molecule has 0 amide bonds. The highest BCUT2D eigenvalue weighted by atomic mass is 79.9. The van der Waals surface area contributed by atoms with Gasteiger partial charge in [-0.3, -0.25) is 0 Å². The minimum Gasteiger partial charge on any atom is -0.436 e. The third-order valence-electron chi connectivity index (χ3n) is 3.22. The van der Waals surface area contributed by atoms with Crippen LogP contribution in [0.5, 0.6) is 0 Å². The van der Waals surface area contributed by atoms with E-state index in [2.05, 4.69) is 31.0 Å². The van der Waals surface area contributed by atoms with E-state index in [4.69, 9.17) is 4.42 Å². The lowest BCUT2D eigenvalue weighted by Crippen LogP contribution is -2.04. The van der Waals surface area contributed by atoms with Crippen molar-refractivity contribution in [1.82, 2.24) is 19.7 Å². The Balaban J connectivity index is 1.91. The molecule has 2 heterocycles. The molecule has 10 heteroatoms. The summed E-state index contributed by atoms with van der Waals surface area (Å²) in [5, 5.41) is 15.7. The summed E-state index contributed by atoms with van der Waals surface area (Å²) in [7, 11) is 0. The Morgan fingerprint density at radius 3 is 2.58 bits per heavy atom. The summed E-state index contributed by atoms with van der Waals surface area (Å²) >= 11 is 4.48. The number of rotatable bonds is 5. The molecule has 0 saturated heterocycles. The van der Waals surface area contributed by atoms with Gasteiger partial charge in [-0.15, -0.1) is 0 Å².